The fraction of sp³-hybridized carbons (Fsp3) is 0.312. The van der Waals surface area contributed by atoms with E-state index in [1.165, 1.54) is 0 Å². The molecule has 20 heavy (non-hydrogen) atoms. The first-order valence-corrected chi connectivity index (χ1v) is 6.59. The Balaban J connectivity index is 2.51. The van der Waals surface area contributed by atoms with Gasteiger partial charge >= 0.3 is 0 Å². The minimum absolute atomic E-state index is 0.101. The number of ether oxygens (including phenoxy) is 1. The van der Waals surface area contributed by atoms with Gasteiger partial charge in [-0.3, -0.25) is 4.79 Å². The van der Waals surface area contributed by atoms with Crippen LogP contribution in [0.5, 0.6) is 5.75 Å². The van der Waals surface area contributed by atoms with Crippen LogP contribution in [0.1, 0.15) is 25.0 Å². The lowest BCUT2D eigenvalue weighted by Gasteiger charge is -2.09. The summed E-state index contributed by atoms with van der Waals surface area (Å²) in [6.45, 7) is 6.39. The number of amides is 1. The van der Waals surface area contributed by atoms with Gasteiger partial charge in [-0.2, -0.15) is 0 Å². The van der Waals surface area contributed by atoms with Gasteiger partial charge in [-0.25, -0.2) is 0 Å². The first-order chi connectivity index (χ1) is 9.56. The second-order valence-electron chi connectivity index (χ2n) is 4.69. The highest BCUT2D eigenvalue weighted by molar-refractivity contribution is 5.97. The molecule has 1 amide bonds. The number of benzene rings is 1. The zero-order valence-electron chi connectivity index (χ0n) is 12.2. The Bertz CT molecular complexity index is 668. The monoisotopic (exact) mass is 273 g/mol. The molecular formula is C16H19NO3. The molecule has 0 bridgehead atoms. The van der Waals surface area contributed by atoms with Crippen LogP contribution in [0.3, 0.4) is 0 Å². The van der Waals surface area contributed by atoms with Gasteiger partial charge in [0.2, 0.25) is 5.91 Å². The van der Waals surface area contributed by atoms with Crippen LogP contribution < -0.4 is 10.1 Å². The molecule has 1 aromatic heterocycles. The number of likely N-dealkylation sites (N-methyl/N-ethyl adjacent to an activating group) is 1. The second kappa shape index (κ2) is 5.82. The topological polar surface area (TPSA) is 51.5 Å². The molecule has 2 rings (SSSR count). The molecule has 1 aromatic carbocycles. The van der Waals surface area contributed by atoms with Gasteiger partial charge in [0.15, 0.2) is 0 Å². The molecule has 2 aromatic rings. The summed E-state index contributed by atoms with van der Waals surface area (Å²) in [5, 5.41) is 3.78. The fourth-order valence-corrected chi connectivity index (χ4v) is 2.16. The number of allylic oxidation sites excluding steroid dienone is 1. The largest absolute Gasteiger partial charge is 0.496 e. The predicted octanol–water partition coefficient (Wildman–Crippen LogP) is 3.29. The Hall–Kier alpha value is -2.23. The van der Waals surface area contributed by atoms with E-state index in [0.29, 0.717) is 12.3 Å². The molecule has 4 heteroatoms. The van der Waals surface area contributed by atoms with Crippen molar-refractivity contribution in [3.05, 3.63) is 35.6 Å². The third kappa shape index (κ3) is 2.69. The summed E-state index contributed by atoms with van der Waals surface area (Å²) >= 11 is 0. The van der Waals surface area contributed by atoms with Gasteiger partial charge in [0.25, 0.3) is 0 Å². The van der Waals surface area contributed by atoms with Crippen LogP contribution >= 0.6 is 0 Å². The van der Waals surface area contributed by atoms with Crippen LogP contribution in [0.2, 0.25) is 0 Å². The smallest absolute Gasteiger partial charge is 0.244 e. The van der Waals surface area contributed by atoms with Gasteiger partial charge in [0.05, 0.1) is 13.4 Å². The Morgan fingerprint density at radius 1 is 1.45 bits per heavy atom. The van der Waals surface area contributed by atoms with Crippen molar-refractivity contribution in [2.75, 3.05) is 13.7 Å². The molecule has 106 valence electrons. The molecule has 0 radical (unpaired) electrons. The molecule has 0 saturated carbocycles. The lowest BCUT2D eigenvalue weighted by Crippen LogP contribution is -2.20. The fourth-order valence-electron chi connectivity index (χ4n) is 2.16. The summed E-state index contributed by atoms with van der Waals surface area (Å²) < 4.78 is 10.9. The molecule has 0 spiro atoms. The van der Waals surface area contributed by atoms with E-state index in [2.05, 4.69) is 5.32 Å². The van der Waals surface area contributed by atoms with Gasteiger partial charge in [-0.1, -0.05) is 0 Å². The van der Waals surface area contributed by atoms with Gasteiger partial charge in [-0.05, 0) is 38.0 Å². The molecule has 0 fully saturated rings. The predicted molar refractivity (Wildman–Crippen MR) is 79.8 cm³/mol. The number of furan rings is 1. The summed E-state index contributed by atoms with van der Waals surface area (Å²) in [5.41, 5.74) is 3.61. The maximum absolute atomic E-state index is 11.7. The van der Waals surface area contributed by atoms with Crippen molar-refractivity contribution in [2.45, 2.75) is 20.8 Å². The minimum Gasteiger partial charge on any atom is -0.496 e. The molecule has 4 nitrogen and oxygen atoms in total. The van der Waals surface area contributed by atoms with E-state index in [1.54, 1.807) is 19.4 Å². The van der Waals surface area contributed by atoms with Crippen LogP contribution in [0.4, 0.5) is 0 Å². The van der Waals surface area contributed by atoms with E-state index < -0.39 is 0 Å². The summed E-state index contributed by atoms with van der Waals surface area (Å²) in [6.07, 6.45) is 3.30. The Kier molecular flexibility index (Phi) is 4.13. The van der Waals surface area contributed by atoms with Gasteiger partial charge in [-0.15, -0.1) is 0 Å². The number of carbonyl (C=O) groups excluding carboxylic acids is 1. The lowest BCUT2D eigenvalue weighted by molar-refractivity contribution is -0.116. The average Bonchev–Trinajstić information content (AvgIpc) is 2.78. The van der Waals surface area contributed by atoms with Crippen molar-refractivity contribution in [1.29, 1.82) is 0 Å². The highest BCUT2D eigenvalue weighted by Gasteiger charge is 2.12. The van der Waals surface area contributed by atoms with E-state index >= 15 is 0 Å². The van der Waals surface area contributed by atoms with E-state index in [-0.39, 0.29) is 5.91 Å². The summed E-state index contributed by atoms with van der Waals surface area (Å²) in [4.78, 5) is 11.7. The number of carbonyl (C=O) groups is 1. The summed E-state index contributed by atoms with van der Waals surface area (Å²) in [7, 11) is 1.61. The molecule has 0 aliphatic heterocycles. The van der Waals surface area contributed by atoms with Crippen LogP contribution in [0, 0.1) is 6.92 Å². The lowest BCUT2D eigenvalue weighted by atomic mass is 10.0. The van der Waals surface area contributed by atoms with Crippen molar-refractivity contribution >= 4 is 22.4 Å². The zero-order valence-corrected chi connectivity index (χ0v) is 12.2. The zero-order chi connectivity index (χ0) is 14.7. The number of aryl methyl sites for hydroxylation is 1. The maximum Gasteiger partial charge on any atom is 0.244 e. The number of hydrogen-bond acceptors (Lipinski definition) is 3. The molecule has 0 saturated heterocycles. The van der Waals surface area contributed by atoms with Crippen molar-refractivity contribution in [3.8, 4) is 5.75 Å². The molecule has 0 atom stereocenters. The number of methoxy groups -OCH3 is 1. The first kappa shape index (κ1) is 14.2. The quantitative estimate of drug-likeness (QED) is 0.870. The van der Waals surface area contributed by atoms with Crippen LogP contribution in [-0.2, 0) is 4.79 Å². The third-order valence-electron chi connectivity index (χ3n) is 3.21. The molecule has 1 N–H and O–H groups in total. The van der Waals surface area contributed by atoms with E-state index in [0.717, 1.165) is 27.7 Å². The van der Waals surface area contributed by atoms with Crippen LogP contribution in [-0.4, -0.2) is 19.6 Å². The van der Waals surface area contributed by atoms with Crippen LogP contribution in [0.15, 0.2) is 28.9 Å². The molecule has 1 heterocycles. The van der Waals surface area contributed by atoms with E-state index in [4.69, 9.17) is 9.15 Å². The SMILES string of the molecule is CCNC(=O)/C=C(\C)c1cc2c(C)coc2cc1OC. The second-order valence-corrected chi connectivity index (χ2v) is 4.69. The molecule has 0 aliphatic carbocycles. The van der Waals surface area contributed by atoms with E-state index in [9.17, 15) is 4.79 Å². The van der Waals surface area contributed by atoms with Crippen molar-refractivity contribution in [3.63, 3.8) is 0 Å². The molecular weight excluding hydrogens is 254 g/mol. The van der Waals surface area contributed by atoms with Gasteiger partial charge < -0.3 is 14.5 Å². The van der Waals surface area contributed by atoms with Gasteiger partial charge in [0, 0.05) is 29.6 Å². The standard InChI is InChI=1S/C16H19NO3/c1-5-17-16(18)6-10(2)12-7-13-11(3)9-20-15(13)8-14(12)19-4/h6-9H,5H2,1-4H3,(H,17,18)/b10-6+. The number of rotatable bonds is 4. The summed E-state index contributed by atoms with van der Waals surface area (Å²) in [6, 6.07) is 3.85. The third-order valence-corrected chi connectivity index (χ3v) is 3.21. The normalized spacial score (nSPS) is 11.7. The number of nitrogens with one attached hydrogen (secondary N) is 1. The van der Waals surface area contributed by atoms with Crippen molar-refractivity contribution in [2.24, 2.45) is 0 Å². The molecule has 0 unspecified atom stereocenters. The van der Waals surface area contributed by atoms with E-state index in [1.807, 2.05) is 32.9 Å². The first-order valence-electron chi connectivity index (χ1n) is 6.59. The van der Waals surface area contributed by atoms with Crippen molar-refractivity contribution in [1.82, 2.24) is 5.32 Å². The maximum atomic E-state index is 11.7. The Morgan fingerprint density at radius 3 is 2.85 bits per heavy atom. The Labute approximate surface area is 118 Å². The molecule has 0 aliphatic rings. The highest BCUT2D eigenvalue weighted by Crippen LogP contribution is 2.33. The summed E-state index contributed by atoms with van der Waals surface area (Å²) in [5.74, 6) is 0.598. The average molecular weight is 273 g/mol. The van der Waals surface area contributed by atoms with Gasteiger partial charge in [0.1, 0.15) is 11.3 Å². The van der Waals surface area contributed by atoms with Crippen molar-refractivity contribution < 1.29 is 13.9 Å². The van der Waals surface area contributed by atoms with Crippen LogP contribution in [0.25, 0.3) is 16.5 Å². The number of fused-ring (bicyclic) bond motifs is 1. The minimum atomic E-state index is -0.101. The highest BCUT2D eigenvalue weighted by atomic mass is 16.5. The Morgan fingerprint density at radius 2 is 2.20 bits per heavy atom. The number of hydrogen-bond donors (Lipinski definition) is 1.